The number of fused-ring (bicyclic) bond motifs is 9. The van der Waals surface area contributed by atoms with E-state index in [-0.39, 0.29) is 5.92 Å². The molecular weight excluding hydrogens is 669 g/mol. The normalized spacial score (nSPS) is 16.1. The van der Waals surface area contributed by atoms with Crippen molar-refractivity contribution >= 4 is 93.3 Å². The van der Waals surface area contributed by atoms with Gasteiger partial charge in [0.15, 0.2) is 5.84 Å². The molecule has 252 valence electrons. The van der Waals surface area contributed by atoms with Crippen LogP contribution in [0.25, 0.3) is 70.4 Å². The second-order valence-corrected chi connectivity index (χ2v) is 15.2. The van der Waals surface area contributed by atoms with E-state index in [9.17, 15) is 0 Å². The number of allylic oxidation sites excluding steroid dienone is 2. The Morgan fingerprint density at radius 2 is 1.34 bits per heavy atom. The van der Waals surface area contributed by atoms with Crippen LogP contribution in [0.3, 0.4) is 0 Å². The van der Waals surface area contributed by atoms with E-state index in [0.717, 1.165) is 73.2 Å². The number of para-hydroxylation sites is 1. The van der Waals surface area contributed by atoms with Crippen LogP contribution in [0, 0.1) is 0 Å². The van der Waals surface area contributed by atoms with Gasteiger partial charge in [-0.3, -0.25) is 0 Å². The van der Waals surface area contributed by atoms with Gasteiger partial charge in [0.1, 0.15) is 22.5 Å². The van der Waals surface area contributed by atoms with Crippen molar-refractivity contribution in [1.29, 1.82) is 0 Å². The summed E-state index contributed by atoms with van der Waals surface area (Å²) >= 11 is 1.83. The summed E-state index contributed by atoms with van der Waals surface area (Å²) < 4.78 is 15.6. The number of hydrogen-bond acceptors (Lipinski definition) is 5. The molecule has 4 nitrogen and oxygen atoms in total. The zero-order chi connectivity index (χ0) is 35.0. The standard InChI is InChI=1S/C48H32N2O2S/c1-28-25-31(32-15-9-18-40-46(32)34-14-5-7-17-39(34)51-40)27-42-45(28)47-35(16-10-19-41(47)52-42)48-49-37(29-11-3-2-4-12-29)22-23-38(50-48)30-21-24-44-36(26-30)33-13-6-8-20-43(33)53-44/h2-21,23-24,26-28H,22,25H2,1H3. The van der Waals surface area contributed by atoms with E-state index in [1.54, 1.807) is 0 Å². The molecule has 53 heavy (non-hydrogen) atoms. The van der Waals surface area contributed by atoms with E-state index in [2.05, 4.69) is 140 Å². The van der Waals surface area contributed by atoms with Crippen LogP contribution in [0.15, 0.2) is 158 Å². The van der Waals surface area contributed by atoms with E-state index in [1.165, 1.54) is 36.9 Å². The highest BCUT2D eigenvalue weighted by molar-refractivity contribution is 7.25. The Kier molecular flexibility index (Phi) is 6.80. The van der Waals surface area contributed by atoms with E-state index in [0.29, 0.717) is 12.3 Å². The van der Waals surface area contributed by atoms with Crippen molar-refractivity contribution in [3.8, 4) is 0 Å². The number of furan rings is 2. The summed E-state index contributed by atoms with van der Waals surface area (Å²) in [7, 11) is 0. The average Bonchev–Trinajstić information content (AvgIpc) is 3.84. The third-order valence-corrected chi connectivity index (χ3v) is 12.0. The minimum atomic E-state index is 0.203. The molecule has 11 rings (SSSR count). The molecule has 4 heterocycles. The van der Waals surface area contributed by atoms with Crippen LogP contribution < -0.4 is 0 Å². The average molecular weight is 701 g/mol. The summed E-state index contributed by atoms with van der Waals surface area (Å²) in [5.74, 6) is 1.81. The van der Waals surface area contributed by atoms with Crippen molar-refractivity contribution in [2.45, 2.75) is 25.7 Å². The SMILES string of the molecule is CC1CC(c2cccc3oc4ccccc4c23)=Cc2oc3cccc(C4=NC(c5ccc6sc7ccccc7c6c5)=CCC(c5ccccc5)=N4)c3c21. The van der Waals surface area contributed by atoms with Gasteiger partial charge in [-0.05, 0) is 71.5 Å². The quantitative estimate of drug-likeness (QED) is 0.183. The molecule has 1 atom stereocenters. The molecule has 0 fully saturated rings. The van der Waals surface area contributed by atoms with Crippen LogP contribution >= 0.6 is 11.3 Å². The number of rotatable bonds is 4. The molecule has 0 radical (unpaired) electrons. The monoisotopic (exact) mass is 700 g/mol. The van der Waals surface area contributed by atoms with Crippen LogP contribution in [-0.2, 0) is 0 Å². The Labute approximate surface area is 309 Å². The molecule has 0 amide bonds. The zero-order valence-electron chi connectivity index (χ0n) is 29.0. The van der Waals surface area contributed by atoms with Crippen molar-refractivity contribution in [2.24, 2.45) is 9.98 Å². The summed E-state index contributed by atoms with van der Waals surface area (Å²) in [6, 6.07) is 46.8. The molecule has 0 saturated heterocycles. The molecule has 9 aromatic rings. The third kappa shape index (κ3) is 4.88. The fraction of sp³-hybridized carbons (Fsp3) is 0.0833. The van der Waals surface area contributed by atoms with Crippen LogP contribution in [-0.4, -0.2) is 11.5 Å². The molecule has 1 aliphatic heterocycles. The molecule has 1 unspecified atom stereocenters. The van der Waals surface area contributed by atoms with Crippen molar-refractivity contribution in [2.75, 3.05) is 0 Å². The molecule has 0 N–H and O–H groups in total. The number of amidine groups is 1. The van der Waals surface area contributed by atoms with Gasteiger partial charge in [0, 0.05) is 59.4 Å². The van der Waals surface area contributed by atoms with Crippen molar-refractivity contribution < 1.29 is 8.83 Å². The predicted octanol–water partition coefficient (Wildman–Crippen LogP) is 13.4. The maximum Gasteiger partial charge on any atom is 0.160 e. The number of thiophene rings is 1. The molecule has 0 saturated carbocycles. The van der Waals surface area contributed by atoms with Gasteiger partial charge >= 0.3 is 0 Å². The van der Waals surface area contributed by atoms with E-state index in [4.69, 9.17) is 18.8 Å². The number of nitrogens with zero attached hydrogens (tertiary/aromatic N) is 2. The Morgan fingerprint density at radius 3 is 2.23 bits per heavy atom. The fourth-order valence-corrected chi connectivity index (χ4v) is 9.49. The summed E-state index contributed by atoms with van der Waals surface area (Å²) in [4.78, 5) is 10.8. The molecule has 0 bridgehead atoms. The lowest BCUT2D eigenvalue weighted by Gasteiger charge is -2.21. The highest BCUT2D eigenvalue weighted by atomic mass is 32.1. The van der Waals surface area contributed by atoms with Crippen molar-refractivity contribution in [1.82, 2.24) is 0 Å². The molecule has 3 aromatic heterocycles. The van der Waals surface area contributed by atoms with E-state index < -0.39 is 0 Å². The lowest BCUT2D eigenvalue weighted by atomic mass is 9.82. The lowest BCUT2D eigenvalue weighted by molar-refractivity contribution is 0.588. The second kappa shape index (κ2) is 11.9. The van der Waals surface area contributed by atoms with Gasteiger partial charge in [0.05, 0.1) is 11.4 Å². The van der Waals surface area contributed by atoms with E-state index >= 15 is 0 Å². The number of benzene rings is 6. The van der Waals surface area contributed by atoms with Crippen LogP contribution in [0.5, 0.6) is 0 Å². The van der Waals surface area contributed by atoms with Gasteiger partial charge in [-0.25, -0.2) is 9.98 Å². The minimum absolute atomic E-state index is 0.203. The Balaban J connectivity index is 1.09. The number of hydrogen-bond donors (Lipinski definition) is 0. The van der Waals surface area contributed by atoms with Gasteiger partial charge in [0.2, 0.25) is 0 Å². The predicted molar refractivity (Wildman–Crippen MR) is 222 cm³/mol. The van der Waals surface area contributed by atoms with Crippen molar-refractivity contribution in [3.05, 3.63) is 173 Å². The van der Waals surface area contributed by atoms with Gasteiger partial charge in [-0.2, -0.15) is 0 Å². The fourth-order valence-electron chi connectivity index (χ4n) is 8.41. The first-order valence-electron chi connectivity index (χ1n) is 18.2. The summed E-state index contributed by atoms with van der Waals surface area (Å²) in [6.45, 7) is 2.31. The van der Waals surface area contributed by atoms with Crippen LogP contribution in [0.1, 0.15) is 59.3 Å². The highest BCUT2D eigenvalue weighted by Gasteiger charge is 2.29. The van der Waals surface area contributed by atoms with E-state index in [1.807, 2.05) is 23.5 Å². The van der Waals surface area contributed by atoms with Crippen molar-refractivity contribution in [3.63, 3.8) is 0 Å². The first-order chi connectivity index (χ1) is 26.2. The number of aliphatic imine (C=N–C) groups is 2. The summed E-state index contributed by atoms with van der Waals surface area (Å²) in [6.07, 6.45) is 6.02. The van der Waals surface area contributed by atoms with Gasteiger partial charge in [-0.15, -0.1) is 11.3 Å². The first-order valence-corrected chi connectivity index (χ1v) is 19.0. The van der Waals surface area contributed by atoms with Gasteiger partial charge in [-0.1, -0.05) is 110 Å². The molecule has 6 aromatic carbocycles. The summed E-state index contributed by atoms with van der Waals surface area (Å²) in [5, 5.41) is 5.93. The smallest absolute Gasteiger partial charge is 0.160 e. The maximum absolute atomic E-state index is 6.74. The Bertz CT molecular complexity index is 3080. The maximum atomic E-state index is 6.74. The molecule has 1 aliphatic carbocycles. The van der Waals surface area contributed by atoms with Gasteiger partial charge in [0.25, 0.3) is 0 Å². The Hall–Kier alpha value is -6.30. The Morgan fingerprint density at radius 1 is 0.604 bits per heavy atom. The zero-order valence-corrected chi connectivity index (χ0v) is 29.8. The molecular formula is C48H32N2O2S. The molecule has 5 heteroatoms. The van der Waals surface area contributed by atoms with Gasteiger partial charge < -0.3 is 8.83 Å². The summed E-state index contributed by atoms with van der Waals surface area (Å²) in [5.41, 5.74) is 11.4. The lowest BCUT2D eigenvalue weighted by Crippen LogP contribution is -2.07. The topological polar surface area (TPSA) is 51.0 Å². The first kappa shape index (κ1) is 30.3. The third-order valence-electron chi connectivity index (χ3n) is 10.8. The molecule has 0 spiro atoms. The van der Waals surface area contributed by atoms with Crippen LogP contribution in [0.2, 0.25) is 0 Å². The minimum Gasteiger partial charge on any atom is -0.456 e. The van der Waals surface area contributed by atoms with Crippen LogP contribution in [0.4, 0.5) is 0 Å². The largest absolute Gasteiger partial charge is 0.456 e. The molecule has 2 aliphatic rings. The second-order valence-electron chi connectivity index (χ2n) is 14.1. The highest BCUT2D eigenvalue weighted by Crippen LogP contribution is 2.47.